The van der Waals surface area contributed by atoms with Crippen molar-refractivity contribution in [3.8, 4) is 11.5 Å². The van der Waals surface area contributed by atoms with Crippen LogP contribution in [0.5, 0.6) is 11.5 Å². The predicted molar refractivity (Wildman–Crippen MR) is 140 cm³/mol. The van der Waals surface area contributed by atoms with Crippen molar-refractivity contribution in [3.05, 3.63) is 48.3 Å². The highest BCUT2D eigenvalue weighted by Gasteiger charge is 2.27. The maximum atomic E-state index is 15.1. The molecule has 0 saturated carbocycles. The van der Waals surface area contributed by atoms with Crippen LogP contribution in [0.4, 0.5) is 19.3 Å². The number of rotatable bonds is 11. The lowest BCUT2D eigenvalue weighted by atomic mass is 10.2. The lowest BCUT2D eigenvalue weighted by Gasteiger charge is -2.34. The number of hydrogen-bond donors (Lipinski definition) is 1. The number of hydrogen-bond acceptors (Lipinski definition) is 5. The van der Waals surface area contributed by atoms with E-state index in [9.17, 15) is 4.79 Å². The maximum absolute atomic E-state index is 15.1. The van der Waals surface area contributed by atoms with Gasteiger partial charge in [-0.05, 0) is 38.7 Å². The van der Waals surface area contributed by atoms with Gasteiger partial charge in [0, 0.05) is 39.2 Å². The molecule has 0 saturated heterocycles. The summed E-state index contributed by atoms with van der Waals surface area (Å²) in [7, 11) is 2.31. The Morgan fingerprint density at radius 1 is 1.19 bits per heavy atom. The third kappa shape index (κ3) is 6.39. The Morgan fingerprint density at radius 3 is 2.42 bits per heavy atom. The molecule has 0 aliphatic carbocycles. The van der Waals surface area contributed by atoms with Crippen molar-refractivity contribution in [1.29, 1.82) is 0 Å². The quantitative estimate of drug-likeness (QED) is 0.202. The van der Waals surface area contributed by atoms with E-state index in [2.05, 4.69) is 24.6 Å². The number of benzene rings is 1. The van der Waals surface area contributed by atoms with Crippen LogP contribution < -0.4 is 15.4 Å². The Hall–Kier alpha value is -3.02. The van der Waals surface area contributed by atoms with Crippen molar-refractivity contribution in [2.24, 2.45) is 5.73 Å². The molecule has 0 aliphatic heterocycles. The minimum absolute atomic E-state index is 0.00638. The van der Waals surface area contributed by atoms with Crippen molar-refractivity contribution in [2.75, 3.05) is 25.6 Å². The van der Waals surface area contributed by atoms with Crippen LogP contribution in [0.3, 0.4) is 0 Å². The van der Waals surface area contributed by atoms with Gasteiger partial charge in [0.1, 0.15) is 18.1 Å². The van der Waals surface area contributed by atoms with Crippen LogP contribution in [0.25, 0.3) is 11.0 Å². The van der Waals surface area contributed by atoms with Crippen LogP contribution in [0.1, 0.15) is 13.3 Å². The van der Waals surface area contributed by atoms with Gasteiger partial charge >= 0.3 is 6.03 Å². The van der Waals surface area contributed by atoms with E-state index in [4.69, 9.17) is 15.2 Å². The highest BCUT2D eigenvalue weighted by atomic mass is 28.3. The summed E-state index contributed by atoms with van der Waals surface area (Å²) in [6.45, 7) is 9.68. The van der Waals surface area contributed by atoms with Crippen molar-refractivity contribution in [3.63, 3.8) is 0 Å². The van der Waals surface area contributed by atoms with Gasteiger partial charge in [0.2, 0.25) is 0 Å². The fourth-order valence-electron chi connectivity index (χ4n) is 3.92. The van der Waals surface area contributed by atoms with E-state index in [0.717, 1.165) is 23.1 Å². The Kier molecular flexibility index (Phi) is 8.70. The predicted octanol–water partition coefficient (Wildman–Crippen LogP) is 5.60. The third-order valence-corrected chi connectivity index (χ3v) is 7.52. The largest absolute Gasteiger partial charge is 0.450 e. The highest BCUT2D eigenvalue weighted by molar-refractivity contribution is 6.76. The molecule has 0 radical (unpaired) electrons. The average Bonchev–Trinajstić information content (AvgIpc) is 3.20. The summed E-state index contributed by atoms with van der Waals surface area (Å²) < 4.78 is 43.5. The zero-order chi connectivity index (χ0) is 26.6. The summed E-state index contributed by atoms with van der Waals surface area (Å²) in [4.78, 5) is 19.4. The molecule has 36 heavy (non-hydrogen) atoms. The van der Waals surface area contributed by atoms with Gasteiger partial charge in [-0.15, -0.1) is 0 Å². The van der Waals surface area contributed by atoms with E-state index in [0.29, 0.717) is 30.8 Å². The average molecular weight is 520 g/mol. The first-order chi connectivity index (χ1) is 16.9. The SMILES string of the molecule is CCC(N(C)C)N(C(N)=O)c1cc(F)c(Oc2ccnc3c2ccn3COCC[Si](C)(C)C)c(F)c1. The van der Waals surface area contributed by atoms with Crippen molar-refractivity contribution in [1.82, 2.24) is 14.5 Å². The number of pyridine rings is 1. The molecule has 0 spiro atoms. The number of amides is 2. The number of aromatic nitrogens is 2. The molecule has 0 aliphatic rings. The van der Waals surface area contributed by atoms with Crippen molar-refractivity contribution < 1.29 is 23.0 Å². The van der Waals surface area contributed by atoms with E-state index in [1.54, 1.807) is 37.3 Å². The molecule has 11 heteroatoms. The van der Waals surface area contributed by atoms with Crippen LogP contribution in [0, 0.1) is 11.6 Å². The van der Waals surface area contributed by atoms with E-state index < -0.39 is 37.7 Å². The number of nitrogens with zero attached hydrogens (tertiary/aromatic N) is 4. The van der Waals surface area contributed by atoms with E-state index in [1.165, 1.54) is 6.20 Å². The summed E-state index contributed by atoms with van der Waals surface area (Å²) in [5.74, 6) is -2.24. The minimum atomic E-state index is -1.20. The maximum Gasteiger partial charge on any atom is 0.320 e. The fourth-order valence-corrected chi connectivity index (χ4v) is 4.67. The summed E-state index contributed by atoms with van der Waals surface area (Å²) in [6, 6.07) is 5.63. The molecule has 8 nitrogen and oxygen atoms in total. The Bertz CT molecular complexity index is 1190. The zero-order valence-electron chi connectivity index (χ0n) is 21.7. The number of carbonyl (C=O) groups is 1. The number of nitrogens with two attached hydrogens (primary N) is 1. The van der Waals surface area contributed by atoms with Crippen molar-refractivity contribution >= 4 is 30.8 Å². The number of halogens is 2. The standard InChI is InChI=1S/C25H35F2N5O3Si/c1-7-22(30(2)3)32(25(28)33)17-14-19(26)23(20(27)15-17)35-21-8-10-29-24-18(21)9-11-31(24)16-34-12-13-36(4,5)6/h8-11,14-15,22H,7,12-13,16H2,1-6H3,(H2,28,33). The molecule has 1 aromatic carbocycles. The number of carbonyl (C=O) groups excluding carboxylic acids is 1. The number of urea groups is 1. The van der Waals surface area contributed by atoms with Crippen LogP contribution in [0.15, 0.2) is 36.7 Å². The van der Waals surface area contributed by atoms with Gasteiger partial charge in [-0.2, -0.15) is 0 Å². The molecular formula is C25H35F2N5O3Si. The van der Waals surface area contributed by atoms with Gasteiger partial charge < -0.3 is 19.8 Å². The molecule has 0 fully saturated rings. The second kappa shape index (κ2) is 11.4. The Labute approximate surface area is 211 Å². The summed E-state index contributed by atoms with van der Waals surface area (Å²) in [6.07, 6.45) is 3.34. The first-order valence-corrected chi connectivity index (χ1v) is 15.6. The molecular weight excluding hydrogens is 484 g/mol. The topological polar surface area (TPSA) is 85.9 Å². The number of ether oxygens (including phenoxy) is 2. The van der Waals surface area contributed by atoms with Gasteiger partial charge in [0.15, 0.2) is 17.4 Å². The number of fused-ring (bicyclic) bond motifs is 1. The summed E-state index contributed by atoms with van der Waals surface area (Å²) in [5.41, 5.74) is 6.13. The zero-order valence-corrected chi connectivity index (χ0v) is 22.7. The minimum Gasteiger partial charge on any atom is -0.450 e. The molecule has 1 unspecified atom stereocenters. The second-order valence-electron chi connectivity index (χ2n) is 10.1. The molecule has 0 bridgehead atoms. The molecule has 3 rings (SSSR count). The third-order valence-electron chi connectivity index (χ3n) is 5.82. The molecule has 2 N–H and O–H groups in total. The molecule has 2 amide bonds. The van der Waals surface area contributed by atoms with Crippen LogP contribution in [0.2, 0.25) is 25.7 Å². The lowest BCUT2D eigenvalue weighted by molar-refractivity contribution is 0.0899. The monoisotopic (exact) mass is 519 g/mol. The molecule has 196 valence electrons. The van der Waals surface area contributed by atoms with Crippen LogP contribution >= 0.6 is 0 Å². The van der Waals surface area contributed by atoms with Crippen molar-refractivity contribution in [2.45, 2.75) is 51.9 Å². The first-order valence-electron chi connectivity index (χ1n) is 11.9. The number of anilines is 1. The molecule has 1 atom stereocenters. The van der Waals surface area contributed by atoms with Gasteiger partial charge in [0.25, 0.3) is 0 Å². The van der Waals surface area contributed by atoms with Crippen LogP contribution in [-0.4, -0.2) is 55.4 Å². The lowest BCUT2D eigenvalue weighted by Crippen LogP contribution is -2.50. The van der Waals surface area contributed by atoms with Gasteiger partial charge in [-0.1, -0.05) is 26.6 Å². The molecule has 2 aromatic heterocycles. The molecule has 3 aromatic rings. The Morgan fingerprint density at radius 2 is 1.86 bits per heavy atom. The Balaban J connectivity index is 1.86. The van der Waals surface area contributed by atoms with Gasteiger partial charge in [0.05, 0.1) is 17.2 Å². The van der Waals surface area contributed by atoms with Gasteiger partial charge in [-0.25, -0.2) is 18.6 Å². The van der Waals surface area contributed by atoms with E-state index in [-0.39, 0.29) is 11.4 Å². The van der Waals surface area contributed by atoms with E-state index >= 15 is 8.78 Å². The smallest absolute Gasteiger partial charge is 0.320 e. The second-order valence-corrected chi connectivity index (χ2v) is 15.7. The first kappa shape index (κ1) is 27.6. The van der Waals surface area contributed by atoms with Crippen LogP contribution in [-0.2, 0) is 11.5 Å². The highest BCUT2D eigenvalue weighted by Crippen LogP contribution is 2.35. The summed E-state index contributed by atoms with van der Waals surface area (Å²) >= 11 is 0. The fraction of sp³-hybridized carbons (Fsp3) is 0.440. The normalized spacial score (nSPS) is 12.8. The van der Waals surface area contributed by atoms with E-state index in [1.807, 2.05) is 11.5 Å². The molecule has 2 heterocycles. The summed E-state index contributed by atoms with van der Waals surface area (Å²) in [5, 5.41) is 0.589. The van der Waals surface area contributed by atoms with Gasteiger partial charge in [-0.3, -0.25) is 9.80 Å². The number of primary amides is 1.